The second-order valence-electron chi connectivity index (χ2n) is 4.23. The molecule has 0 aliphatic heterocycles. The van der Waals surface area contributed by atoms with Gasteiger partial charge in [-0.3, -0.25) is 30.3 Å². The number of anilines is 1. The predicted molar refractivity (Wildman–Crippen MR) is 85.5 cm³/mol. The number of benzene rings is 1. The molecular weight excluding hydrogens is 340 g/mol. The number of nitro benzene ring substituents is 2. The van der Waals surface area contributed by atoms with E-state index in [1.54, 1.807) is 6.07 Å². The van der Waals surface area contributed by atoms with Crippen LogP contribution in [0, 0.1) is 20.2 Å². The number of thiocarbonyl (C=S) groups is 1. The smallest absolute Gasteiger partial charge is 0.277 e. The van der Waals surface area contributed by atoms with E-state index in [0.29, 0.717) is 0 Å². The monoisotopic (exact) mass is 348 g/mol. The first-order valence-electron chi connectivity index (χ1n) is 6.20. The maximum atomic E-state index is 12.1. The molecule has 1 heterocycles. The highest BCUT2D eigenvalue weighted by Crippen LogP contribution is 2.22. The van der Waals surface area contributed by atoms with Crippen LogP contribution in [0.2, 0.25) is 0 Å². The maximum absolute atomic E-state index is 12.1. The average Bonchev–Trinajstić information content (AvgIpc) is 2.55. The number of nitro groups is 2. The molecule has 0 saturated carbocycles. The number of hydrogen-bond acceptors (Lipinski definition) is 8. The third-order valence-corrected chi connectivity index (χ3v) is 2.81. The van der Waals surface area contributed by atoms with Gasteiger partial charge in [0.2, 0.25) is 5.95 Å². The fraction of sp³-hybridized carbons (Fsp3) is 0. The Bertz CT molecular complexity index is 796. The summed E-state index contributed by atoms with van der Waals surface area (Å²) in [5.74, 6) is -0.719. The lowest BCUT2D eigenvalue weighted by molar-refractivity contribution is -0.394. The quantitative estimate of drug-likeness (QED) is 0.474. The maximum Gasteiger partial charge on any atom is 0.277 e. The topological polar surface area (TPSA) is 153 Å². The molecule has 12 heteroatoms. The molecule has 11 nitrogen and oxygen atoms in total. The van der Waals surface area contributed by atoms with Crippen molar-refractivity contribution in [2.24, 2.45) is 0 Å². The lowest BCUT2D eigenvalue weighted by atomic mass is 10.1. The Balaban J connectivity index is 2.18. The first-order chi connectivity index (χ1) is 11.4. The number of non-ortho nitro benzene ring substituents is 2. The van der Waals surface area contributed by atoms with Crippen molar-refractivity contribution in [2.45, 2.75) is 0 Å². The second-order valence-corrected chi connectivity index (χ2v) is 4.64. The molecule has 0 saturated heterocycles. The van der Waals surface area contributed by atoms with Crippen LogP contribution in [0.15, 0.2) is 36.7 Å². The Kier molecular flexibility index (Phi) is 5.01. The van der Waals surface area contributed by atoms with Gasteiger partial charge in [-0.15, -0.1) is 0 Å². The highest BCUT2D eigenvalue weighted by atomic mass is 32.1. The van der Waals surface area contributed by atoms with Crippen molar-refractivity contribution < 1.29 is 14.6 Å². The molecule has 1 aromatic heterocycles. The molecule has 0 spiro atoms. The Labute approximate surface area is 139 Å². The van der Waals surface area contributed by atoms with E-state index in [-0.39, 0.29) is 16.6 Å². The highest BCUT2D eigenvalue weighted by molar-refractivity contribution is 7.80. The van der Waals surface area contributed by atoms with Gasteiger partial charge in [0.1, 0.15) is 0 Å². The molecule has 2 N–H and O–H groups in total. The van der Waals surface area contributed by atoms with Gasteiger partial charge < -0.3 is 5.32 Å². The van der Waals surface area contributed by atoms with Gasteiger partial charge in [-0.2, -0.15) is 0 Å². The van der Waals surface area contributed by atoms with Gasteiger partial charge in [0.25, 0.3) is 17.3 Å². The molecule has 0 unspecified atom stereocenters. The van der Waals surface area contributed by atoms with E-state index in [4.69, 9.17) is 12.2 Å². The zero-order valence-electron chi connectivity index (χ0n) is 11.7. The normalized spacial score (nSPS) is 9.83. The van der Waals surface area contributed by atoms with E-state index in [2.05, 4.69) is 20.6 Å². The number of nitrogens with zero attached hydrogens (tertiary/aromatic N) is 4. The Morgan fingerprint density at radius 2 is 1.58 bits per heavy atom. The molecule has 0 aliphatic carbocycles. The summed E-state index contributed by atoms with van der Waals surface area (Å²) in [5.41, 5.74) is -1.45. The first kappa shape index (κ1) is 16.8. The summed E-state index contributed by atoms with van der Waals surface area (Å²) in [6, 6.07) is 4.15. The van der Waals surface area contributed by atoms with Gasteiger partial charge in [0, 0.05) is 24.5 Å². The zero-order valence-corrected chi connectivity index (χ0v) is 12.5. The second kappa shape index (κ2) is 7.15. The van der Waals surface area contributed by atoms with E-state index < -0.39 is 27.1 Å². The third-order valence-electron chi connectivity index (χ3n) is 2.60. The van der Waals surface area contributed by atoms with E-state index in [9.17, 15) is 25.0 Å². The van der Waals surface area contributed by atoms with Crippen LogP contribution in [0.25, 0.3) is 0 Å². The van der Waals surface area contributed by atoms with Crippen molar-refractivity contribution in [3.63, 3.8) is 0 Å². The van der Waals surface area contributed by atoms with Crippen molar-refractivity contribution in [1.29, 1.82) is 0 Å². The number of aromatic nitrogens is 2. The van der Waals surface area contributed by atoms with Crippen LogP contribution in [-0.4, -0.2) is 30.8 Å². The van der Waals surface area contributed by atoms with Gasteiger partial charge >= 0.3 is 0 Å². The van der Waals surface area contributed by atoms with Crippen LogP contribution in [-0.2, 0) is 0 Å². The largest absolute Gasteiger partial charge is 0.301 e. The van der Waals surface area contributed by atoms with E-state index in [0.717, 1.165) is 18.2 Å². The summed E-state index contributed by atoms with van der Waals surface area (Å²) >= 11 is 4.89. The molecule has 2 aromatic rings. The molecular formula is C12H8N6O5S. The number of amides is 1. The summed E-state index contributed by atoms with van der Waals surface area (Å²) < 4.78 is 0. The van der Waals surface area contributed by atoms with Crippen LogP contribution < -0.4 is 10.6 Å². The van der Waals surface area contributed by atoms with Gasteiger partial charge in [-0.1, -0.05) is 0 Å². The number of hydrogen-bond donors (Lipinski definition) is 2. The molecule has 2 rings (SSSR count). The predicted octanol–water partition coefficient (Wildman–Crippen LogP) is 1.42. The van der Waals surface area contributed by atoms with Crippen molar-refractivity contribution in [2.75, 3.05) is 5.32 Å². The molecule has 0 radical (unpaired) electrons. The number of carbonyl (C=O) groups excluding carboxylic acids is 1. The fourth-order valence-corrected chi connectivity index (χ4v) is 1.79. The minimum Gasteiger partial charge on any atom is -0.301 e. The molecule has 24 heavy (non-hydrogen) atoms. The summed E-state index contributed by atoms with van der Waals surface area (Å²) in [4.78, 5) is 39.7. The van der Waals surface area contributed by atoms with E-state index in [1.165, 1.54) is 12.4 Å². The minimum atomic E-state index is -0.852. The molecule has 122 valence electrons. The number of nitrogens with one attached hydrogen (secondary N) is 2. The van der Waals surface area contributed by atoms with Gasteiger partial charge in [0.15, 0.2) is 5.11 Å². The molecule has 0 fully saturated rings. The minimum absolute atomic E-state index is 0.132. The van der Waals surface area contributed by atoms with Crippen LogP contribution in [0.5, 0.6) is 0 Å². The Morgan fingerprint density at radius 1 is 1.04 bits per heavy atom. The summed E-state index contributed by atoms with van der Waals surface area (Å²) in [5, 5.41) is 26.2. The summed E-state index contributed by atoms with van der Waals surface area (Å²) in [6.45, 7) is 0. The molecule has 1 amide bonds. The Hall–Kier alpha value is -3.54. The zero-order chi connectivity index (χ0) is 17.7. The van der Waals surface area contributed by atoms with Crippen molar-refractivity contribution >= 4 is 40.6 Å². The standard InChI is InChI=1S/C12H8N6O5S/c19-10(15-12(24)16-11-13-2-1-3-14-11)7-4-8(17(20)21)6-9(5-7)18(22)23/h1-6H,(H2,13,14,15,16,19,24). The molecule has 0 aliphatic rings. The lowest BCUT2D eigenvalue weighted by Crippen LogP contribution is -2.34. The van der Waals surface area contributed by atoms with E-state index >= 15 is 0 Å². The van der Waals surface area contributed by atoms with E-state index in [1.807, 2.05) is 0 Å². The molecule has 1 aromatic carbocycles. The number of rotatable bonds is 4. The Morgan fingerprint density at radius 3 is 2.08 bits per heavy atom. The SMILES string of the molecule is O=C(NC(=S)Nc1ncccn1)c1cc([N+](=O)[O-])cc([N+](=O)[O-])c1. The summed E-state index contributed by atoms with van der Waals surface area (Å²) in [7, 11) is 0. The van der Waals surface area contributed by atoms with Crippen LogP contribution in [0.4, 0.5) is 17.3 Å². The third kappa shape index (κ3) is 4.23. The molecule has 0 bridgehead atoms. The van der Waals surface area contributed by atoms with Crippen LogP contribution in [0.3, 0.4) is 0 Å². The first-order valence-corrected chi connectivity index (χ1v) is 6.61. The molecule has 0 atom stereocenters. The summed E-state index contributed by atoms with van der Waals surface area (Å²) in [6.07, 6.45) is 2.90. The van der Waals surface area contributed by atoms with Crippen molar-refractivity contribution in [3.8, 4) is 0 Å². The lowest BCUT2D eigenvalue weighted by Gasteiger charge is -2.08. The van der Waals surface area contributed by atoms with Crippen LogP contribution in [0.1, 0.15) is 10.4 Å². The van der Waals surface area contributed by atoms with Gasteiger partial charge in [-0.05, 0) is 18.3 Å². The van der Waals surface area contributed by atoms with Crippen molar-refractivity contribution in [1.82, 2.24) is 15.3 Å². The van der Waals surface area contributed by atoms with Gasteiger partial charge in [-0.25, -0.2) is 9.97 Å². The average molecular weight is 348 g/mol. The highest BCUT2D eigenvalue weighted by Gasteiger charge is 2.20. The van der Waals surface area contributed by atoms with Gasteiger partial charge in [0.05, 0.1) is 21.5 Å². The number of carbonyl (C=O) groups is 1. The van der Waals surface area contributed by atoms with Crippen molar-refractivity contribution in [3.05, 3.63) is 62.5 Å². The fourth-order valence-electron chi connectivity index (χ4n) is 1.61. The van der Waals surface area contributed by atoms with Crippen LogP contribution >= 0.6 is 12.2 Å².